The summed E-state index contributed by atoms with van der Waals surface area (Å²) in [5.74, 6) is 0. The first-order valence-electron chi connectivity index (χ1n) is 11.4. The minimum absolute atomic E-state index is 0.0503. The summed E-state index contributed by atoms with van der Waals surface area (Å²) in [7, 11) is 0. The molecule has 0 atom stereocenters. The van der Waals surface area contributed by atoms with Crippen LogP contribution in [-0.2, 0) is 0 Å². The average molecular weight is 463 g/mol. The first-order valence-corrected chi connectivity index (χ1v) is 11.4. The Morgan fingerprint density at radius 2 is 0.972 bits per heavy atom. The van der Waals surface area contributed by atoms with E-state index in [-0.39, 0.29) is 11.4 Å². The standard InChI is InChI=1S/C30H18N6/c31-15-27(33-17-19-7-5-11-23-21-9-1-3-13-25(21)35-29(19)23)28(16-32)34-18-20-8-6-12-24-22-10-2-4-14-26(22)36-30(20)24/h1-14,17-18,35-36H. The van der Waals surface area contributed by atoms with E-state index in [2.05, 4.69) is 32.1 Å². The molecule has 0 spiro atoms. The molecular weight excluding hydrogens is 444 g/mol. The highest BCUT2D eigenvalue weighted by Gasteiger charge is 2.09. The predicted octanol–water partition coefficient (Wildman–Crippen LogP) is 6.75. The van der Waals surface area contributed by atoms with Crippen LogP contribution in [0.2, 0.25) is 0 Å². The molecule has 0 fully saturated rings. The van der Waals surface area contributed by atoms with Crippen molar-refractivity contribution in [1.82, 2.24) is 9.97 Å². The second-order valence-electron chi connectivity index (χ2n) is 8.32. The Hall–Kier alpha value is -5.46. The maximum Gasteiger partial charge on any atom is 0.176 e. The molecule has 6 rings (SSSR count). The Balaban J connectivity index is 1.39. The van der Waals surface area contributed by atoms with Gasteiger partial charge in [-0.05, 0) is 12.1 Å². The van der Waals surface area contributed by atoms with Gasteiger partial charge in [-0.2, -0.15) is 10.5 Å². The van der Waals surface area contributed by atoms with Gasteiger partial charge in [0.2, 0.25) is 0 Å². The molecule has 2 N–H and O–H groups in total. The van der Waals surface area contributed by atoms with E-state index < -0.39 is 0 Å². The van der Waals surface area contributed by atoms with Gasteiger partial charge in [0, 0.05) is 56.1 Å². The fraction of sp³-hybridized carbons (Fsp3) is 0. The molecule has 0 unspecified atom stereocenters. The maximum atomic E-state index is 9.74. The molecule has 0 bridgehead atoms. The number of rotatable bonds is 4. The molecule has 6 heteroatoms. The van der Waals surface area contributed by atoms with Gasteiger partial charge in [0.25, 0.3) is 0 Å². The van der Waals surface area contributed by atoms with E-state index in [9.17, 15) is 10.5 Å². The fourth-order valence-electron chi connectivity index (χ4n) is 4.56. The number of allylic oxidation sites excluding steroid dienone is 2. The van der Waals surface area contributed by atoms with Crippen LogP contribution >= 0.6 is 0 Å². The molecular formula is C30H18N6. The highest BCUT2D eigenvalue weighted by atomic mass is 14.8. The molecule has 2 aromatic heterocycles. The lowest BCUT2D eigenvalue weighted by Crippen LogP contribution is -1.89. The summed E-state index contributed by atoms with van der Waals surface area (Å²) in [6, 6.07) is 32.0. The SMILES string of the molecule is N#CC(N=Cc1cccc2c1[nH]c1ccccc12)=C(C#N)N=Cc1cccc2c1[nH]c1ccccc12. The van der Waals surface area contributed by atoms with Crippen molar-refractivity contribution in [2.45, 2.75) is 0 Å². The van der Waals surface area contributed by atoms with Crippen LogP contribution in [0.4, 0.5) is 0 Å². The summed E-state index contributed by atoms with van der Waals surface area (Å²) in [6.07, 6.45) is 3.20. The Bertz CT molecular complexity index is 1820. The van der Waals surface area contributed by atoms with Gasteiger partial charge in [-0.25, -0.2) is 9.98 Å². The minimum Gasteiger partial charge on any atom is -0.354 e. The van der Waals surface area contributed by atoms with E-state index in [1.54, 1.807) is 12.4 Å². The number of H-pyrrole nitrogens is 2. The van der Waals surface area contributed by atoms with Crippen molar-refractivity contribution in [3.63, 3.8) is 0 Å². The van der Waals surface area contributed by atoms with Crippen molar-refractivity contribution in [2.75, 3.05) is 0 Å². The molecule has 0 aliphatic carbocycles. The summed E-state index contributed by atoms with van der Waals surface area (Å²) in [5, 5.41) is 23.9. The van der Waals surface area contributed by atoms with Gasteiger partial charge >= 0.3 is 0 Å². The maximum absolute atomic E-state index is 9.74. The number of nitrogens with zero attached hydrogens (tertiary/aromatic N) is 4. The van der Waals surface area contributed by atoms with E-state index in [0.29, 0.717) is 0 Å². The number of aromatic nitrogens is 2. The normalized spacial score (nSPS) is 12.6. The van der Waals surface area contributed by atoms with E-state index in [1.807, 2.05) is 84.9 Å². The molecule has 36 heavy (non-hydrogen) atoms. The first-order chi connectivity index (χ1) is 17.8. The van der Waals surface area contributed by atoms with E-state index in [4.69, 9.17) is 0 Å². The predicted molar refractivity (Wildman–Crippen MR) is 145 cm³/mol. The third-order valence-corrected chi connectivity index (χ3v) is 6.25. The fourth-order valence-corrected chi connectivity index (χ4v) is 4.56. The molecule has 168 valence electrons. The zero-order valence-corrected chi connectivity index (χ0v) is 19.0. The second kappa shape index (κ2) is 8.72. The molecule has 6 nitrogen and oxygen atoms in total. The van der Waals surface area contributed by atoms with E-state index in [0.717, 1.165) is 54.7 Å². The summed E-state index contributed by atoms with van der Waals surface area (Å²) in [5.41, 5.74) is 5.44. The number of benzene rings is 4. The highest BCUT2D eigenvalue weighted by Crippen LogP contribution is 2.28. The van der Waals surface area contributed by atoms with E-state index in [1.165, 1.54) is 0 Å². The number of aliphatic imine (C=N–C) groups is 2. The van der Waals surface area contributed by atoms with Crippen molar-refractivity contribution in [3.05, 3.63) is 107 Å². The van der Waals surface area contributed by atoms with Gasteiger partial charge < -0.3 is 9.97 Å². The van der Waals surface area contributed by atoms with Crippen LogP contribution in [0, 0.1) is 22.7 Å². The summed E-state index contributed by atoms with van der Waals surface area (Å²) in [6.45, 7) is 0. The third kappa shape index (κ3) is 3.51. The smallest absolute Gasteiger partial charge is 0.176 e. The number of nitriles is 2. The van der Waals surface area contributed by atoms with Crippen LogP contribution in [0.3, 0.4) is 0 Å². The number of nitrogens with one attached hydrogen (secondary N) is 2. The van der Waals surface area contributed by atoms with Crippen molar-refractivity contribution < 1.29 is 0 Å². The molecule has 4 aromatic carbocycles. The summed E-state index contributed by atoms with van der Waals surface area (Å²) in [4.78, 5) is 15.5. The van der Waals surface area contributed by atoms with Gasteiger partial charge in [0.05, 0.1) is 11.0 Å². The Labute approximate surface area is 206 Å². The Kier molecular flexibility index (Phi) is 5.11. The zero-order valence-electron chi connectivity index (χ0n) is 19.0. The van der Waals surface area contributed by atoms with Crippen molar-refractivity contribution >= 4 is 56.0 Å². The Morgan fingerprint density at radius 3 is 1.42 bits per heavy atom. The van der Waals surface area contributed by atoms with Crippen LogP contribution in [0.25, 0.3) is 43.6 Å². The van der Waals surface area contributed by atoms with Gasteiger partial charge in [-0.1, -0.05) is 72.8 Å². The molecule has 0 radical (unpaired) electrons. The van der Waals surface area contributed by atoms with Crippen molar-refractivity contribution in [2.24, 2.45) is 9.98 Å². The molecule has 0 aliphatic heterocycles. The van der Waals surface area contributed by atoms with Gasteiger partial charge in [-0.3, -0.25) is 0 Å². The molecule has 2 heterocycles. The van der Waals surface area contributed by atoms with Crippen molar-refractivity contribution in [3.8, 4) is 12.1 Å². The lowest BCUT2D eigenvalue weighted by atomic mass is 10.1. The van der Waals surface area contributed by atoms with Gasteiger partial charge in [-0.15, -0.1) is 0 Å². The lowest BCUT2D eigenvalue weighted by molar-refractivity contribution is 1.27. The number of aromatic amines is 2. The first kappa shape index (κ1) is 21.1. The topological polar surface area (TPSA) is 104 Å². The highest BCUT2D eigenvalue weighted by molar-refractivity contribution is 6.13. The minimum atomic E-state index is -0.0503. The zero-order chi connectivity index (χ0) is 24.5. The number of hydrogen-bond acceptors (Lipinski definition) is 4. The average Bonchev–Trinajstić information content (AvgIpc) is 3.50. The van der Waals surface area contributed by atoms with Gasteiger partial charge in [0.1, 0.15) is 12.1 Å². The monoisotopic (exact) mass is 462 g/mol. The summed E-state index contributed by atoms with van der Waals surface area (Å²) >= 11 is 0. The Morgan fingerprint density at radius 1 is 0.556 bits per heavy atom. The van der Waals surface area contributed by atoms with Crippen molar-refractivity contribution in [1.29, 1.82) is 10.5 Å². The van der Waals surface area contributed by atoms with Gasteiger partial charge in [0.15, 0.2) is 11.4 Å². The molecule has 0 aliphatic rings. The molecule has 0 saturated heterocycles. The summed E-state index contributed by atoms with van der Waals surface area (Å²) < 4.78 is 0. The third-order valence-electron chi connectivity index (χ3n) is 6.25. The largest absolute Gasteiger partial charge is 0.354 e. The lowest BCUT2D eigenvalue weighted by Gasteiger charge is -1.98. The second-order valence-corrected chi connectivity index (χ2v) is 8.32. The van der Waals surface area contributed by atoms with Crippen LogP contribution in [0.5, 0.6) is 0 Å². The van der Waals surface area contributed by atoms with Crippen LogP contribution in [0.15, 0.2) is 106 Å². The van der Waals surface area contributed by atoms with Crippen LogP contribution < -0.4 is 0 Å². The molecule has 0 saturated carbocycles. The van der Waals surface area contributed by atoms with E-state index >= 15 is 0 Å². The number of hydrogen-bond donors (Lipinski definition) is 2. The van der Waals surface area contributed by atoms with Crippen LogP contribution in [0.1, 0.15) is 11.1 Å². The molecule has 0 amide bonds. The quantitative estimate of drug-likeness (QED) is 0.223. The number of para-hydroxylation sites is 4. The number of fused-ring (bicyclic) bond motifs is 6. The molecule has 6 aromatic rings. The van der Waals surface area contributed by atoms with Crippen LogP contribution in [-0.4, -0.2) is 22.4 Å².